The first-order chi connectivity index (χ1) is 10.1. The fraction of sp³-hybridized carbons (Fsp3) is 0.429. The van der Waals surface area contributed by atoms with Gasteiger partial charge in [-0.05, 0) is 18.6 Å². The molecule has 0 saturated heterocycles. The van der Waals surface area contributed by atoms with Gasteiger partial charge >= 0.3 is 6.03 Å². The number of hydrogen-bond acceptors (Lipinski definition) is 5. The maximum absolute atomic E-state index is 11.9. The molecule has 112 valence electrons. The van der Waals surface area contributed by atoms with E-state index < -0.39 is 0 Å². The van der Waals surface area contributed by atoms with Crippen molar-refractivity contribution in [2.24, 2.45) is 0 Å². The Morgan fingerprint density at radius 3 is 2.86 bits per heavy atom. The van der Waals surface area contributed by atoms with Crippen LogP contribution in [0.3, 0.4) is 0 Å². The lowest BCUT2D eigenvalue weighted by molar-refractivity contribution is 0.202. The Morgan fingerprint density at radius 2 is 2.19 bits per heavy atom. The zero-order valence-electron chi connectivity index (χ0n) is 12.5. The summed E-state index contributed by atoms with van der Waals surface area (Å²) < 4.78 is 5.24. The number of pyridine rings is 1. The lowest BCUT2D eigenvalue weighted by Gasteiger charge is -2.16. The monoisotopic (exact) mass is 289 g/mol. The number of amides is 2. The van der Waals surface area contributed by atoms with Crippen molar-refractivity contribution in [3.05, 3.63) is 41.4 Å². The van der Waals surface area contributed by atoms with Gasteiger partial charge in [0.05, 0.1) is 0 Å². The number of aryl methyl sites for hydroxylation is 2. The largest absolute Gasteiger partial charge is 0.424 e. The van der Waals surface area contributed by atoms with Crippen LogP contribution < -0.4 is 5.32 Å². The number of rotatable bonds is 5. The summed E-state index contributed by atoms with van der Waals surface area (Å²) in [5.74, 6) is 0.912. The molecule has 0 aliphatic carbocycles. The highest BCUT2D eigenvalue weighted by molar-refractivity contribution is 5.73. The van der Waals surface area contributed by atoms with E-state index in [1.54, 1.807) is 20.2 Å². The van der Waals surface area contributed by atoms with Crippen LogP contribution in [0.5, 0.6) is 0 Å². The van der Waals surface area contributed by atoms with Crippen molar-refractivity contribution in [3.63, 3.8) is 0 Å². The topological polar surface area (TPSA) is 84.2 Å². The van der Waals surface area contributed by atoms with E-state index in [4.69, 9.17) is 4.42 Å². The Kier molecular flexibility index (Phi) is 4.86. The van der Waals surface area contributed by atoms with Crippen LogP contribution in [0, 0.1) is 13.8 Å². The summed E-state index contributed by atoms with van der Waals surface area (Å²) in [5.41, 5.74) is 2.12. The molecule has 0 saturated carbocycles. The van der Waals surface area contributed by atoms with Crippen molar-refractivity contribution in [1.29, 1.82) is 0 Å². The number of nitrogens with zero attached hydrogens (tertiary/aromatic N) is 4. The third-order valence-electron chi connectivity index (χ3n) is 3.04. The van der Waals surface area contributed by atoms with Crippen molar-refractivity contribution in [2.75, 3.05) is 13.6 Å². The molecule has 0 spiro atoms. The molecule has 1 N–H and O–H groups in total. The van der Waals surface area contributed by atoms with Gasteiger partial charge < -0.3 is 14.6 Å². The number of aromatic nitrogens is 3. The zero-order valence-corrected chi connectivity index (χ0v) is 12.5. The maximum atomic E-state index is 11.9. The summed E-state index contributed by atoms with van der Waals surface area (Å²) in [6.45, 7) is 4.54. The van der Waals surface area contributed by atoms with Crippen molar-refractivity contribution in [3.8, 4) is 0 Å². The van der Waals surface area contributed by atoms with Gasteiger partial charge in [-0.1, -0.05) is 6.07 Å². The van der Waals surface area contributed by atoms with E-state index in [0.717, 1.165) is 11.3 Å². The maximum Gasteiger partial charge on any atom is 0.317 e. The van der Waals surface area contributed by atoms with E-state index in [9.17, 15) is 4.79 Å². The van der Waals surface area contributed by atoms with E-state index in [1.165, 1.54) is 4.90 Å². The number of carbonyl (C=O) groups is 1. The lowest BCUT2D eigenvalue weighted by atomic mass is 10.2. The van der Waals surface area contributed by atoms with Crippen LogP contribution in [0.1, 0.15) is 23.0 Å². The SMILES string of the molecule is Cc1nnc(CN(C)C(=O)NCCc2ncccc2C)o1. The first kappa shape index (κ1) is 15.0. The van der Waals surface area contributed by atoms with Crippen LogP contribution in [0.25, 0.3) is 0 Å². The molecule has 0 radical (unpaired) electrons. The Hall–Kier alpha value is -2.44. The molecular weight excluding hydrogens is 270 g/mol. The molecule has 7 heteroatoms. The fourth-order valence-corrected chi connectivity index (χ4v) is 1.88. The normalized spacial score (nSPS) is 10.4. The Bertz CT molecular complexity index is 611. The minimum atomic E-state index is -0.181. The Labute approximate surface area is 123 Å². The predicted molar refractivity (Wildman–Crippen MR) is 76.6 cm³/mol. The minimum absolute atomic E-state index is 0.181. The van der Waals surface area contributed by atoms with Gasteiger partial charge in [-0.15, -0.1) is 10.2 Å². The van der Waals surface area contributed by atoms with E-state index in [2.05, 4.69) is 20.5 Å². The van der Waals surface area contributed by atoms with Crippen molar-refractivity contribution in [2.45, 2.75) is 26.8 Å². The molecule has 0 fully saturated rings. The molecule has 0 atom stereocenters. The summed E-state index contributed by atoms with van der Waals surface area (Å²) in [4.78, 5) is 17.7. The molecule has 0 aliphatic heterocycles. The van der Waals surface area contributed by atoms with Gasteiger partial charge in [-0.25, -0.2) is 4.79 Å². The lowest BCUT2D eigenvalue weighted by Crippen LogP contribution is -2.38. The second-order valence-electron chi connectivity index (χ2n) is 4.82. The molecule has 2 amide bonds. The van der Waals surface area contributed by atoms with Gasteiger partial charge in [-0.3, -0.25) is 4.98 Å². The van der Waals surface area contributed by atoms with Gasteiger partial charge in [0.25, 0.3) is 0 Å². The number of hydrogen-bond donors (Lipinski definition) is 1. The minimum Gasteiger partial charge on any atom is -0.424 e. The number of carbonyl (C=O) groups excluding carboxylic acids is 1. The third kappa shape index (κ3) is 4.27. The van der Waals surface area contributed by atoms with Gasteiger partial charge in [-0.2, -0.15) is 0 Å². The zero-order chi connectivity index (χ0) is 15.2. The van der Waals surface area contributed by atoms with Crippen LogP contribution >= 0.6 is 0 Å². The highest BCUT2D eigenvalue weighted by Crippen LogP contribution is 2.04. The van der Waals surface area contributed by atoms with Crippen LogP contribution in [0.4, 0.5) is 4.79 Å². The molecular formula is C14H19N5O2. The summed E-state index contributed by atoms with van der Waals surface area (Å²) in [7, 11) is 1.68. The highest BCUT2D eigenvalue weighted by atomic mass is 16.4. The smallest absolute Gasteiger partial charge is 0.317 e. The second kappa shape index (κ2) is 6.83. The van der Waals surface area contributed by atoms with Crippen LogP contribution in [-0.2, 0) is 13.0 Å². The molecule has 2 heterocycles. The molecule has 0 aliphatic rings. The first-order valence-electron chi connectivity index (χ1n) is 6.74. The standard InChI is InChI=1S/C14H19N5O2/c1-10-5-4-7-15-12(10)6-8-16-14(20)19(3)9-13-18-17-11(2)21-13/h4-5,7H,6,8-9H2,1-3H3,(H,16,20). The molecule has 0 unspecified atom stereocenters. The molecule has 21 heavy (non-hydrogen) atoms. The number of nitrogens with one attached hydrogen (secondary N) is 1. The first-order valence-corrected chi connectivity index (χ1v) is 6.74. The van der Waals surface area contributed by atoms with Crippen LogP contribution in [0.2, 0.25) is 0 Å². The predicted octanol–water partition coefficient (Wildman–Crippen LogP) is 1.47. The summed E-state index contributed by atoms with van der Waals surface area (Å²) in [5, 5.41) is 10.4. The average molecular weight is 289 g/mol. The molecule has 7 nitrogen and oxygen atoms in total. The summed E-state index contributed by atoms with van der Waals surface area (Å²) in [6, 6.07) is 3.73. The van der Waals surface area contributed by atoms with E-state index >= 15 is 0 Å². The molecule has 0 bridgehead atoms. The average Bonchev–Trinajstić information content (AvgIpc) is 2.86. The third-order valence-corrected chi connectivity index (χ3v) is 3.04. The van der Waals surface area contributed by atoms with Crippen molar-refractivity contribution < 1.29 is 9.21 Å². The van der Waals surface area contributed by atoms with Crippen LogP contribution in [-0.4, -0.2) is 39.7 Å². The van der Waals surface area contributed by atoms with E-state index in [1.807, 2.05) is 19.1 Å². The highest BCUT2D eigenvalue weighted by Gasteiger charge is 2.12. The van der Waals surface area contributed by atoms with Gasteiger partial charge in [0, 0.05) is 38.8 Å². The van der Waals surface area contributed by atoms with E-state index in [0.29, 0.717) is 24.7 Å². The van der Waals surface area contributed by atoms with Gasteiger partial charge in [0.2, 0.25) is 11.8 Å². The molecule has 2 aromatic heterocycles. The second-order valence-corrected chi connectivity index (χ2v) is 4.82. The quantitative estimate of drug-likeness (QED) is 0.901. The molecule has 2 rings (SSSR count). The molecule has 0 aromatic carbocycles. The fourth-order valence-electron chi connectivity index (χ4n) is 1.88. The van der Waals surface area contributed by atoms with E-state index in [-0.39, 0.29) is 12.6 Å². The van der Waals surface area contributed by atoms with Crippen molar-refractivity contribution in [1.82, 2.24) is 25.4 Å². The van der Waals surface area contributed by atoms with Crippen molar-refractivity contribution >= 4 is 6.03 Å². The Balaban J connectivity index is 1.77. The molecule has 2 aromatic rings. The summed E-state index contributed by atoms with van der Waals surface area (Å²) >= 11 is 0. The summed E-state index contributed by atoms with van der Waals surface area (Å²) in [6.07, 6.45) is 2.46. The Morgan fingerprint density at radius 1 is 1.38 bits per heavy atom. The number of urea groups is 1. The van der Waals surface area contributed by atoms with Gasteiger partial charge in [0.1, 0.15) is 6.54 Å². The van der Waals surface area contributed by atoms with Crippen LogP contribution in [0.15, 0.2) is 22.7 Å². The van der Waals surface area contributed by atoms with Gasteiger partial charge in [0.15, 0.2) is 0 Å².